The fourth-order valence-electron chi connectivity index (χ4n) is 2.36. The molecule has 0 atom stereocenters. The summed E-state index contributed by atoms with van der Waals surface area (Å²) in [6, 6.07) is 9.98. The average molecular weight is 271 g/mol. The summed E-state index contributed by atoms with van der Waals surface area (Å²) in [6.45, 7) is 0. The molecule has 2 N–H and O–H groups in total. The first-order chi connectivity index (χ1) is 9.26. The highest BCUT2D eigenvalue weighted by molar-refractivity contribution is 7.16. The summed E-state index contributed by atoms with van der Waals surface area (Å²) in [6.07, 6.45) is 3.21. The van der Waals surface area contributed by atoms with E-state index in [1.54, 1.807) is 11.3 Å². The monoisotopic (exact) mass is 271 g/mol. The summed E-state index contributed by atoms with van der Waals surface area (Å²) in [5.41, 5.74) is 7.11. The van der Waals surface area contributed by atoms with Crippen LogP contribution in [0.15, 0.2) is 30.3 Å². The van der Waals surface area contributed by atoms with Crippen LogP contribution in [0.25, 0.3) is 16.3 Å². The minimum Gasteiger partial charge on any atom is -0.319 e. The van der Waals surface area contributed by atoms with Gasteiger partial charge in [-0.05, 0) is 19.3 Å². The second-order valence-corrected chi connectivity index (χ2v) is 5.96. The third-order valence-electron chi connectivity index (χ3n) is 3.69. The summed E-state index contributed by atoms with van der Waals surface area (Å²) < 4.78 is 1.81. The molecule has 5 nitrogen and oxygen atoms in total. The third-order valence-corrected chi connectivity index (χ3v) is 4.81. The summed E-state index contributed by atoms with van der Waals surface area (Å²) in [5.74, 6) is 0.779. The van der Waals surface area contributed by atoms with E-state index in [2.05, 4.69) is 15.3 Å². The number of hydrogen-bond acceptors (Lipinski definition) is 5. The van der Waals surface area contributed by atoms with E-state index in [-0.39, 0.29) is 5.54 Å². The molecule has 2 heterocycles. The van der Waals surface area contributed by atoms with E-state index in [1.165, 1.54) is 6.42 Å². The van der Waals surface area contributed by atoms with Crippen molar-refractivity contribution in [1.29, 1.82) is 0 Å². The molecule has 6 heteroatoms. The van der Waals surface area contributed by atoms with Gasteiger partial charge < -0.3 is 5.73 Å². The van der Waals surface area contributed by atoms with Crippen molar-refractivity contribution < 1.29 is 0 Å². The van der Waals surface area contributed by atoms with Gasteiger partial charge in [0, 0.05) is 5.56 Å². The molecule has 4 rings (SSSR count). The van der Waals surface area contributed by atoms with Crippen LogP contribution < -0.4 is 5.73 Å². The van der Waals surface area contributed by atoms with Crippen LogP contribution in [0.3, 0.4) is 0 Å². The van der Waals surface area contributed by atoms with Gasteiger partial charge in [0.25, 0.3) is 0 Å². The van der Waals surface area contributed by atoms with E-state index in [1.807, 2.05) is 34.8 Å². The number of rotatable bonds is 2. The van der Waals surface area contributed by atoms with Gasteiger partial charge in [0.1, 0.15) is 5.01 Å². The average Bonchev–Trinajstić information content (AvgIpc) is 2.96. The SMILES string of the molecule is NC1(c2nn3c(-c4ccccc4)nnc3s2)CCC1. The van der Waals surface area contributed by atoms with Crippen molar-refractivity contribution in [1.82, 2.24) is 19.8 Å². The maximum absolute atomic E-state index is 6.32. The van der Waals surface area contributed by atoms with E-state index in [0.29, 0.717) is 0 Å². The highest BCUT2D eigenvalue weighted by Gasteiger charge is 2.38. The Hall–Kier alpha value is -1.79. The van der Waals surface area contributed by atoms with Crippen molar-refractivity contribution in [3.05, 3.63) is 35.3 Å². The first-order valence-corrected chi connectivity index (χ1v) is 7.15. The standard InChI is InChI=1S/C13H13N5S/c14-13(7-4-8-13)11-17-18-10(15-16-12(18)19-11)9-5-2-1-3-6-9/h1-3,5-6H,4,7-8,14H2. The Bertz CT molecular complexity index is 726. The molecule has 0 amide bonds. The van der Waals surface area contributed by atoms with E-state index < -0.39 is 0 Å². The molecular formula is C13H13N5S. The topological polar surface area (TPSA) is 69.1 Å². The molecule has 0 radical (unpaired) electrons. The van der Waals surface area contributed by atoms with E-state index >= 15 is 0 Å². The molecular weight excluding hydrogens is 258 g/mol. The van der Waals surface area contributed by atoms with Gasteiger partial charge in [-0.3, -0.25) is 0 Å². The predicted molar refractivity (Wildman–Crippen MR) is 73.8 cm³/mol. The van der Waals surface area contributed by atoms with Crippen molar-refractivity contribution >= 4 is 16.3 Å². The highest BCUT2D eigenvalue weighted by Crippen LogP contribution is 2.40. The van der Waals surface area contributed by atoms with Gasteiger partial charge in [-0.15, -0.1) is 10.2 Å². The lowest BCUT2D eigenvalue weighted by atomic mass is 9.78. The molecule has 0 spiro atoms. The van der Waals surface area contributed by atoms with Crippen LogP contribution in [0.4, 0.5) is 0 Å². The lowest BCUT2D eigenvalue weighted by molar-refractivity contribution is 0.251. The Morgan fingerprint density at radius 3 is 2.63 bits per heavy atom. The maximum Gasteiger partial charge on any atom is 0.235 e. The first-order valence-electron chi connectivity index (χ1n) is 6.33. The molecule has 19 heavy (non-hydrogen) atoms. The van der Waals surface area contributed by atoms with Crippen LogP contribution in [0.1, 0.15) is 24.3 Å². The van der Waals surface area contributed by atoms with Crippen LogP contribution in [0.2, 0.25) is 0 Å². The molecule has 1 fully saturated rings. The van der Waals surface area contributed by atoms with Gasteiger partial charge in [-0.2, -0.15) is 9.61 Å². The molecule has 1 aromatic carbocycles. The van der Waals surface area contributed by atoms with Crippen LogP contribution in [-0.4, -0.2) is 19.8 Å². The number of nitrogens with zero attached hydrogens (tertiary/aromatic N) is 4. The van der Waals surface area contributed by atoms with Crippen LogP contribution in [0, 0.1) is 0 Å². The zero-order valence-electron chi connectivity index (χ0n) is 10.3. The predicted octanol–water partition coefficient (Wildman–Crippen LogP) is 2.19. The van der Waals surface area contributed by atoms with Crippen LogP contribution in [0.5, 0.6) is 0 Å². The second kappa shape index (κ2) is 3.85. The van der Waals surface area contributed by atoms with Crippen molar-refractivity contribution in [3.8, 4) is 11.4 Å². The Morgan fingerprint density at radius 1 is 1.16 bits per heavy atom. The molecule has 0 aliphatic heterocycles. The minimum atomic E-state index is -0.237. The number of hydrogen-bond donors (Lipinski definition) is 1. The van der Waals surface area contributed by atoms with Gasteiger partial charge in [0.05, 0.1) is 5.54 Å². The Morgan fingerprint density at radius 2 is 1.95 bits per heavy atom. The number of benzene rings is 1. The molecule has 96 valence electrons. The lowest BCUT2D eigenvalue weighted by Gasteiger charge is -2.35. The van der Waals surface area contributed by atoms with Crippen molar-refractivity contribution in [2.24, 2.45) is 5.73 Å². The molecule has 0 bridgehead atoms. The summed E-state index contributed by atoms with van der Waals surface area (Å²) in [4.78, 5) is 0.811. The molecule has 1 saturated carbocycles. The number of aromatic nitrogens is 4. The molecule has 0 saturated heterocycles. The number of nitrogens with two attached hydrogens (primary N) is 1. The fourth-order valence-corrected chi connectivity index (χ4v) is 3.36. The van der Waals surface area contributed by atoms with Gasteiger partial charge >= 0.3 is 0 Å². The largest absolute Gasteiger partial charge is 0.319 e. The molecule has 3 aromatic rings. The zero-order valence-corrected chi connectivity index (χ0v) is 11.1. The van der Waals surface area contributed by atoms with Crippen LogP contribution in [-0.2, 0) is 5.54 Å². The Kier molecular flexibility index (Phi) is 2.24. The minimum absolute atomic E-state index is 0.237. The number of fused-ring (bicyclic) bond motifs is 1. The molecule has 1 aliphatic rings. The summed E-state index contributed by atoms with van der Waals surface area (Å²) >= 11 is 1.55. The van der Waals surface area contributed by atoms with Crippen molar-refractivity contribution in [2.45, 2.75) is 24.8 Å². The molecule has 0 unspecified atom stereocenters. The second-order valence-electron chi connectivity index (χ2n) is 5.00. The van der Waals surface area contributed by atoms with Gasteiger partial charge in [-0.1, -0.05) is 41.7 Å². The van der Waals surface area contributed by atoms with Crippen LogP contribution >= 0.6 is 11.3 Å². The van der Waals surface area contributed by atoms with Crippen molar-refractivity contribution in [3.63, 3.8) is 0 Å². The molecule has 1 aliphatic carbocycles. The Labute approximate surface area is 114 Å². The smallest absolute Gasteiger partial charge is 0.235 e. The van der Waals surface area contributed by atoms with Gasteiger partial charge in [-0.25, -0.2) is 0 Å². The first kappa shape index (κ1) is 11.1. The van der Waals surface area contributed by atoms with E-state index in [0.717, 1.165) is 34.2 Å². The third kappa shape index (κ3) is 1.60. The lowest BCUT2D eigenvalue weighted by Crippen LogP contribution is -2.43. The molecule has 2 aromatic heterocycles. The quantitative estimate of drug-likeness (QED) is 0.775. The maximum atomic E-state index is 6.32. The van der Waals surface area contributed by atoms with Crippen molar-refractivity contribution in [2.75, 3.05) is 0 Å². The van der Waals surface area contributed by atoms with E-state index in [9.17, 15) is 0 Å². The van der Waals surface area contributed by atoms with E-state index in [4.69, 9.17) is 5.73 Å². The van der Waals surface area contributed by atoms with Gasteiger partial charge in [0.2, 0.25) is 4.96 Å². The summed E-state index contributed by atoms with van der Waals surface area (Å²) in [5, 5.41) is 14.0. The normalized spacial score (nSPS) is 17.5. The summed E-state index contributed by atoms with van der Waals surface area (Å²) in [7, 11) is 0. The Balaban J connectivity index is 1.85. The highest BCUT2D eigenvalue weighted by atomic mass is 32.1. The fraction of sp³-hybridized carbons (Fsp3) is 0.308. The van der Waals surface area contributed by atoms with Gasteiger partial charge in [0.15, 0.2) is 5.82 Å². The zero-order chi connectivity index (χ0) is 12.9.